The third kappa shape index (κ3) is 4.04. The number of anilines is 1. The van der Waals surface area contributed by atoms with Gasteiger partial charge in [-0.05, 0) is 59.2 Å². The summed E-state index contributed by atoms with van der Waals surface area (Å²) in [7, 11) is 0. The summed E-state index contributed by atoms with van der Waals surface area (Å²) in [6.45, 7) is 3.16. The second kappa shape index (κ2) is 7.63. The van der Waals surface area contributed by atoms with E-state index in [0.717, 1.165) is 26.1 Å². The molecule has 126 valence electrons. The Morgan fingerprint density at radius 1 is 1.17 bits per heavy atom. The maximum atomic E-state index is 12.6. The molecule has 24 heavy (non-hydrogen) atoms. The molecule has 1 fully saturated rings. The van der Waals surface area contributed by atoms with Gasteiger partial charge in [0, 0.05) is 30.9 Å². The zero-order valence-corrected chi connectivity index (χ0v) is 14.6. The first-order valence-corrected chi connectivity index (χ1v) is 8.59. The van der Waals surface area contributed by atoms with Crippen LogP contribution in [0.2, 0.25) is 0 Å². The molecule has 1 aliphatic rings. The van der Waals surface area contributed by atoms with Gasteiger partial charge >= 0.3 is 0 Å². The number of rotatable bonds is 3. The zero-order valence-electron chi connectivity index (χ0n) is 13.0. The summed E-state index contributed by atoms with van der Waals surface area (Å²) in [5, 5.41) is 6.02. The molecular formula is C17H18BrN3O3. The van der Waals surface area contributed by atoms with Gasteiger partial charge in [0.1, 0.15) is 0 Å². The molecule has 1 saturated heterocycles. The van der Waals surface area contributed by atoms with Crippen LogP contribution in [0.15, 0.2) is 45.5 Å². The summed E-state index contributed by atoms with van der Waals surface area (Å²) < 4.78 is 5.72. The maximum Gasteiger partial charge on any atom is 0.291 e. The van der Waals surface area contributed by atoms with E-state index in [1.165, 1.54) is 0 Å². The topological polar surface area (TPSA) is 74.6 Å². The Morgan fingerprint density at radius 3 is 2.83 bits per heavy atom. The molecule has 0 radical (unpaired) electrons. The van der Waals surface area contributed by atoms with Gasteiger partial charge in [-0.2, -0.15) is 0 Å². The smallest absolute Gasteiger partial charge is 0.291 e. The molecule has 0 saturated carbocycles. The van der Waals surface area contributed by atoms with Crippen LogP contribution in [0.25, 0.3) is 0 Å². The first-order valence-electron chi connectivity index (χ1n) is 7.80. The largest absolute Gasteiger partial charge is 0.444 e. The fourth-order valence-electron chi connectivity index (χ4n) is 2.59. The van der Waals surface area contributed by atoms with Crippen LogP contribution in [0, 0.1) is 0 Å². The van der Waals surface area contributed by atoms with Crippen molar-refractivity contribution in [1.29, 1.82) is 0 Å². The maximum absolute atomic E-state index is 12.6. The Labute approximate surface area is 148 Å². The summed E-state index contributed by atoms with van der Waals surface area (Å²) in [5.41, 5.74) is 1.13. The minimum Gasteiger partial charge on any atom is -0.444 e. The van der Waals surface area contributed by atoms with Crippen molar-refractivity contribution in [2.75, 3.05) is 31.5 Å². The van der Waals surface area contributed by atoms with E-state index in [9.17, 15) is 9.59 Å². The Hall–Kier alpha value is -2.12. The van der Waals surface area contributed by atoms with Crippen LogP contribution in [0.3, 0.4) is 0 Å². The fourth-order valence-corrected chi connectivity index (χ4v) is 2.90. The number of carbonyl (C=O) groups excluding carboxylic acids is 2. The van der Waals surface area contributed by atoms with Gasteiger partial charge in [-0.1, -0.05) is 6.07 Å². The van der Waals surface area contributed by atoms with Crippen molar-refractivity contribution in [2.45, 2.75) is 6.42 Å². The molecule has 1 aromatic carbocycles. The first kappa shape index (κ1) is 16.7. The molecule has 3 rings (SSSR count). The summed E-state index contributed by atoms with van der Waals surface area (Å²) >= 11 is 3.17. The van der Waals surface area contributed by atoms with Crippen molar-refractivity contribution < 1.29 is 14.0 Å². The van der Waals surface area contributed by atoms with E-state index in [1.54, 1.807) is 36.4 Å². The normalized spacial score (nSPS) is 15.0. The standard InChI is InChI=1S/C17H18BrN3O3/c18-15-6-5-14(24-15)16(22)20-13-4-1-3-12(11-13)17(23)21-9-2-7-19-8-10-21/h1,3-6,11,19H,2,7-10H2,(H,20,22). The van der Waals surface area contributed by atoms with Gasteiger partial charge in [0.05, 0.1) is 0 Å². The van der Waals surface area contributed by atoms with E-state index in [1.807, 2.05) is 4.90 Å². The fraction of sp³-hybridized carbons (Fsp3) is 0.294. The van der Waals surface area contributed by atoms with E-state index in [-0.39, 0.29) is 17.6 Å². The molecule has 2 amide bonds. The number of hydrogen-bond donors (Lipinski definition) is 2. The highest BCUT2D eigenvalue weighted by Gasteiger charge is 2.18. The summed E-state index contributed by atoms with van der Waals surface area (Å²) in [5.74, 6) is -0.169. The Balaban J connectivity index is 1.71. The lowest BCUT2D eigenvalue weighted by molar-refractivity contribution is 0.0766. The van der Waals surface area contributed by atoms with Crippen molar-refractivity contribution in [3.63, 3.8) is 0 Å². The Bertz CT molecular complexity index is 736. The van der Waals surface area contributed by atoms with Gasteiger partial charge in [-0.15, -0.1) is 0 Å². The lowest BCUT2D eigenvalue weighted by Gasteiger charge is -2.20. The lowest BCUT2D eigenvalue weighted by atomic mass is 10.1. The second-order valence-electron chi connectivity index (χ2n) is 5.53. The van der Waals surface area contributed by atoms with Crippen molar-refractivity contribution in [2.24, 2.45) is 0 Å². The highest BCUT2D eigenvalue weighted by molar-refractivity contribution is 9.10. The van der Waals surface area contributed by atoms with E-state index < -0.39 is 0 Å². The summed E-state index contributed by atoms with van der Waals surface area (Å²) in [6.07, 6.45) is 0.940. The van der Waals surface area contributed by atoms with Crippen LogP contribution in [0.1, 0.15) is 27.3 Å². The molecule has 0 atom stereocenters. The number of halogens is 1. The van der Waals surface area contributed by atoms with Crippen molar-refractivity contribution >= 4 is 33.4 Å². The Kier molecular flexibility index (Phi) is 5.32. The highest BCUT2D eigenvalue weighted by Crippen LogP contribution is 2.17. The first-order chi connectivity index (χ1) is 11.6. The number of nitrogens with zero attached hydrogens (tertiary/aromatic N) is 1. The van der Waals surface area contributed by atoms with Crippen LogP contribution in [0.4, 0.5) is 5.69 Å². The molecule has 7 heteroatoms. The number of hydrogen-bond acceptors (Lipinski definition) is 4. The van der Waals surface area contributed by atoms with Crippen LogP contribution >= 0.6 is 15.9 Å². The molecule has 2 aromatic rings. The molecule has 2 N–H and O–H groups in total. The predicted molar refractivity (Wildman–Crippen MR) is 94.2 cm³/mol. The van der Waals surface area contributed by atoms with Gasteiger partial charge in [-0.25, -0.2) is 0 Å². The molecule has 2 heterocycles. The van der Waals surface area contributed by atoms with Gasteiger partial charge in [0.25, 0.3) is 11.8 Å². The minimum atomic E-state index is -0.357. The summed E-state index contributed by atoms with van der Waals surface area (Å²) in [6, 6.07) is 10.2. The number of amides is 2. The molecule has 6 nitrogen and oxygen atoms in total. The van der Waals surface area contributed by atoms with Gasteiger partial charge < -0.3 is 20.0 Å². The highest BCUT2D eigenvalue weighted by atomic mass is 79.9. The quantitative estimate of drug-likeness (QED) is 0.843. The van der Waals surface area contributed by atoms with E-state index >= 15 is 0 Å². The average molecular weight is 392 g/mol. The van der Waals surface area contributed by atoms with Crippen molar-refractivity contribution in [3.8, 4) is 0 Å². The lowest BCUT2D eigenvalue weighted by Crippen LogP contribution is -2.34. The zero-order chi connectivity index (χ0) is 16.9. The van der Waals surface area contributed by atoms with Gasteiger partial charge in [-0.3, -0.25) is 9.59 Å². The van der Waals surface area contributed by atoms with Crippen LogP contribution in [0.5, 0.6) is 0 Å². The molecular weight excluding hydrogens is 374 g/mol. The average Bonchev–Trinajstić information content (AvgIpc) is 2.85. The summed E-state index contributed by atoms with van der Waals surface area (Å²) in [4.78, 5) is 26.6. The number of benzene rings is 1. The monoisotopic (exact) mass is 391 g/mol. The third-order valence-corrected chi connectivity index (χ3v) is 4.22. The predicted octanol–water partition coefficient (Wildman–Crippen LogP) is 2.73. The van der Waals surface area contributed by atoms with Crippen LogP contribution in [-0.2, 0) is 0 Å². The van der Waals surface area contributed by atoms with Crippen molar-refractivity contribution in [3.05, 3.63) is 52.4 Å². The van der Waals surface area contributed by atoms with Crippen LogP contribution < -0.4 is 10.6 Å². The van der Waals surface area contributed by atoms with Crippen LogP contribution in [-0.4, -0.2) is 42.9 Å². The van der Waals surface area contributed by atoms with Gasteiger partial charge in [0.15, 0.2) is 10.4 Å². The molecule has 0 spiro atoms. The number of carbonyl (C=O) groups is 2. The molecule has 0 aliphatic carbocycles. The molecule has 1 aromatic heterocycles. The SMILES string of the molecule is O=C(Nc1cccc(C(=O)N2CCCNCC2)c1)c1ccc(Br)o1. The molecule has 1 aliphatic heterocycles. The van der Waals surface area contributed by atoms with Crippen molar-refractivity contribution in [1.82, 2.24) is 10.2 Å². The number of furan rings is 1. The van der Waals surface area contributed by atoms with Gasteiger partial charge in [0.2, 0.25) is 0 Å². The third-order valence-electron chi connectivity index (χ3n) is 3.79. The van der Waals surface area contributed by atoms with E-state index in [4.69, 9.17) is 4.42 Å². The second-order valence-corrected chi connectivity index (χ2v) is 6.32. The van der Waals surface area contributed by atoms with E-state index in [2.05, 4.69) is 26.6 Å². The minimum absolute atomic E-state index is 0.0180. The molecule has 0 unspecified atom stereocenters. The Morgan fingerprint density at radius 2 is 2.04 bits per heavy atom. The van der Waals surface area contributed by atoms with E-state index in [0.29, 0.717) is 22.5 Å². The molecule has 0 bridgehead atoms. The number of nitrogens with one attached hydrogen (secondary N) is 2.